The van der Waals surface area contributed by atoms with Gasteiger partial charge in [-0.2, -0.15) is 10.2 Å². The number of aromatic amines is 1. The molecular weight excluding hydrogens is 284 g/mol. The van der Waals surface area contributed by atoms with Crippen molar-refractivity contribution in [2.24, 2.45) is 5.10 Å². The van der Waals surface area contributed by atoms with Crippen molar-refractivity contribution in [3.05, 3.63) is 41.2 Å². The van der Waals surface area contributed by atoms with E-state index in [0.717, 1.165) is 11.3 Å². The Morgan fingerprint density at radius 2 is 2.05 bits per heavy atom. The van der Waals surface area contributed by atoms with Gasteiger partial charge in [0.05, 0.1) is 19.9 Å². The highest BCUT2D eigenvalue weighted by Gasteiger charge is 2.11. The first-order valence-electron chi connectivity index (χ1n) is 6.64. The molecule has 0 aliphatic carbocycles. The molecule has 7 nitrogen and oxygen atoms in total. The molecule has 0 spiro atoms. The van der Waals surface area contributed by atoms with Crippen molar-refractivity contribution in [2.75, 3.05) is 14.2 Å². The molecule has 0 aliphatic rings. The summed E-state index contributed by atoms with van der Waals surface area (Å²) in [4.78, 5) is 11.9. The largest absolute Gasteiger partial charge is 0.497 e. The Bertz CT molecular complexity index is 707. The van der Waals surface area contributed by atoms with Gasteiger partial charge in [-0.05, 0) is 32.0 Å². The van der Waals surface area contributed by atoms with Crippen LogP contribution in [0.4, 0.5) is 0 Å². The standard InChI is InChI=1S/C15H18N4O3/c1-9-7-13(18-16-9)15(20)19-17-10(2)12-6-5-11(21-3)8-14(12)22-4/h5-8H,1-4H3,(H,16,18)(H,19,20). The van der Waals surface area contributed by atoms with Gasteiger partial charge in [0.1, 0.15) is 11.5 Å². The summed E-state index contributed by atoms with van der Waals surface area (Å²) in [7, 11) is 3.15. The number of hydrazone groups is 1. The van der Waals surface area contributed by atoms with E-state index in [1.807, 2.05) is 13.0 Å². The lowest BCUT2D eigenvalue weighted by atomic mass is 10.1. The Morgan fingerprint density at radius 1 is 1.27 bits per heavy atom. The van der Waals surface area contributed by atoms with Crippen molar-refractivity contribution in [2.45, 2.75) is 13.8 Å². The first kappa shape index (κ1) is 15.6. The van der Waals surface area contributed by atoms with Crippen LogP contribution in [0.1, 0.15) is 28.7 Å². The summed E-state index contributed by atoms with van der Waals surface area (Å²) in [5.74, 6) is 0.922. The van der Waals surface area contributed by atoms with Crippen LogP contribution in [0.3, 0.4) is 0 Å². The lowest BCUT2D eigenvalue weighted by Crippen LogP contribution is -2.20. The molecule has 1 amide bonds. The minimum atomic E-state index is -0.379. The van der Waals surface area contributed by atoms with E-state index < -0.39 is 0 Å². The number of rotatable bonds is 5. The molecule has 0 radical (unpaired) electrons. The number of hydrogen-bond donors (Lipinski definition) is 2. The molecule has 7 heteroatoms. The average Bonchev–Trinajstić information content (AvgIpc) is 2.98. The maximum atomic E-state index is 11.9. The van der Waals surface area contributed by atoms with Crippen LogP contribution in [0.15, 0.2) is 29.4 Å². The molecule has 0 saturated heterocycles. The Kier molecular flexibility index (Phi) is 4.77. The highest BCUT2D eigenvalue weighted by Crippen LogP contribution is 2.25. The van der Waals surface area contributed by atoms with E-state index in [4.69, 9.17) is 9.47 Å². The van der Waals surface area contributed by atoms with E-state index in [-0.39, 0.29) is 11.6 Å². The highest BCUT2D eigenvalue weighted by molar-refractivity contribution is 6.02. The second kappa shape index (κ2) is 6.75. The summed E-state index contributed by atoms with van der Waals surface area (Å²) in [5.41, 5.74) is 4.94. The minimum Gasteiger partial charge on any atom is -0.497 e. The topological polar surface area (TPSA) is 88.6 Å². The van der Waals surface area contributed by atoms with E-state index in [1.54, 1.807) is 39.3 Å². The Labute approximate surface area is 128 Å². The third-order valence-corrected chi connectivity index (χ3v) is 3.06. The maximum Gasteiger partial charge on any atom is 0.291 e. The lowest BCUT2D eigenvalue weighted by molar-refractivity contribution is 0.0950. The van der Waals surface area contributed by atoms with Gasteiger partial charge < -0.3 is 9.47 Å². The van der Waals surface area contributed by atoms with Crippen LogP contribution in [0, 0.1) is 6.92 Å². The van der Waals surface area contributed by atoms with Crippen molar-refractivity contribution in [3.8, 4) is 11.5 Å². The number of nitrogens with one attached hydrogen (secondary N) is 2. The molecule has 1 aromatic heterocycles. The van der Waals surface area contributed by atoms with Gasteiger partial charge in [-0.25, -0.2) is 5.43 Å². The van der Waals surface area contributed by atoms with Crippen LogP contribution in [-0.4, -0.2) is 36.0 Å². The molecule has 2 rings (SSSR count). The molecule has 1 heterocycles. The summed E-state index contributed by atoms with van der Waals surface area (Å²) in [5, 5.41) is 10.7. The van der Waals surface area contributed by atoms with Crippen molar-refractivity contribution >= 4 is 11.6 Å². The SMILES string of the molecule is COc1ccc(C(C)=NNC(=O)c2cc(C)[nH]n2)c(OC)c1. The molecule has 0 unspecified atom stereocenters. The minimum absolute atomic E-state index is 0.288. The fraction of sp³-hybridized carbons (Fsp3) is 0.267. The van der Waals surface area contributed by atoms with Gasteiger partial charge in [-0.15, -0.1) is 0 Å². The molecule has 0 saturated carbocycles. The molecular formula is C15H18N4O3. The number of benzene rings is 1. The predicted molar refractivity (Wildman–Crippen MR) is 82.5 cm³/mol. The number of methoxy groups -OCH3 is 2. The molecule has 0 atom stereocenters. The van der Waals surface area contributed by atoms with Crippen molar-refractivity contribution < 1.29 is 14.3 Å². The molecule has 116 valence electrons. The van der Waals surface area contributed by atoms with E-state index >= 15 is 0 Å². The summed E-state index contributed by atoms with van der Waals surface area (Å²) in [6.07, 6.45) is 0. The molecule has 0 fully saturated rings. The number of aromatic nitrogens is 2. The Hall–Kier alpha value is -2.83. The summed E-state index contributed by atoms with van der Waals surface area (Å²) in [6, 6.07) is 7.03. The number of H-pyrrole nitrogens is 1. The molecule has 1 aromatic carbocycles. The first-order chi connectivity index (χ1) is 10.5. The van der Waals surface area contributed by atoms with Gasteiger partial charge in [0.2, 0.25) is 0 Å². The zero-order valence-electron chi connectivity index (χ0n) is 12.9. The normalized spacial score (nSPS) is 11.2. The van der Waals surface area contributed by atoms with Crippen LogP contribution >= 0.6 is 0 Å². The van der Waals surface area contributed by atoms with Crippen LogP contribution in [-0.2, 0) is 0 Å². The molecule has 2 N–H and O–H groups in total. The predicted octanol–water partition coefficient (Wildman–Crippen LogP) is 1.89. The van der Waals surface area contributed by atoms with E-state index in [0.29, 0.717) is 17.2 Å². The van der Waals surface area contributed by atoms with Crippen molar-refractivity contribution in [1.29, 1.82) is 0 Å². The number of nitrogens with zero attached hydrogens (tertiary/aromatic N) is 2. The number of aryl methyl sites for hydroxylation is 1. The lowest BCUT2D eigenvalue weighted by Gasteiger charge is -2.10. The summed E-state index contributed by atoms with van der Waals surface area (Å²) in [6.45, 7) is 3.60. The van der Waals surface area contributed by atoms with E-state index in [9.17, 15) is 4.79 Å². The van der Waals surface area contributed by atoms with Gasteiger partial charge in [0, 0.05) is 17.3 Å². The monoisotopic (exact) mass is 302 g/mol. The first-order valence-corrected chi connectivity index (χ1v) is 6.64. The number of hydrogen-bond acceptors (Lipinski definition) is 5. The number of carbonyl (C=O) groups is 1. The average molecular weight is 302 g/mol. The van der Waals surface area contributed by atoms with Gasteiger partial charge in [0.25, 0.3) is 5.91 Å². The fourth-order valence-electron chi connectivity index (χ4n) is 1.88. The van der Waals surface area contributed by atoms with Crippen molar-refractivity contribution in [1.82, 2.24) is 15.6 Å². The number of ether oxygens (including phenoxy) is 2. The summed E-state index contributed by atoms with van der Waals surface area (Å²) >= 11 is 0. The molecule has 0 bridgehead atoms. The van der Waals surface area contributed by atoms with Crippen LogP contribution < -0.4 is 14.9 Å². The third kappa shape index (κ3) is 3.43. The number of carbonyl (C=O) groups excluding carboxylic acids is 1. The molecule has 0 aliphatic heterocycles. The summed E-state index contributed by atoms with van der Waals surface area (Å²) < 4.78 is 10.5. The van der Waals surface area contributed by atoms with Gasteiger partial charge >= 0.3 is 0 Å². The number of amides is 1. The Morgan fingerprint density at radius 3 is 2.64 bits per heavy atom. The van der Waals surface area contributed by atoms with Crippen LogP contribution in [0.5, 0.6) is 11.5 Å². The second-order valence-electron chi connectivity index (χ2n) is 4.64. The van der Waals surface area contributed by atoms with Gasteiger partial charge in [-0.1, -0.05) is 0 Å². The highest BCUT2D eigenvalue weighted by atomic mass is 16.5. The fourth-order valence-corrected chi connectivity index (χ4v) is 1.88. The van der Waals surface area contributed by atoms with E-state index in [2.05, 4.69) is 20.7 Å². The Balaban J connectivity index is 2.16. The van der Waals surface area contributed by atoms with Gasteiger partial charge in [0.15, 0.2) is 5.69 Å². The quantitative estimate of drug-likeness (QED) is 0.652. The maximum absolute atomic E-state index is 11.9. The zero-order chi connectivity index (χ0) is 16.1. The van der Waals surface area contributed by atoms with E-state index in [1.165, 1.54) is 0 Å². The van der Waals surface area contributed by atoms with Crippen LogP contribution in [0.25, 0.3) is 0 Å². The molecule has 2 aromatic rings. The smallest absolute Gasteiger partial charge is 0.291 e. The zero-order valence-corrected chi connectivity index (χ0v) is 12.9. The van der Waals surface area contributed by atoms with Gasteiger partial charge in [-0.3, -0.25) is 9.89 Å². The molecule has 22 heavy (non-hydrogen) atoms. The van der Waals surface area contributed by atoms with Crippen LogP contribution in [0.2, 0.25) is 0 Å². The third-order valence-electron chi connectivity index (χ3n) is 3.06. The second-order valence-corrected chi connectivity index (χ2v) is 4.64. The van der Waals surface area contributed by atoms with Crippen molar-refractivity contribution in [3.63, 3.8) is 0 Å².